The van der Waals surface area contributed by atoms with Crippen LogP contribution in [0.2, 0.25) is 6.82 Å². The molecular weight excluding hydrogens is 159 g/mol. The standard InChI is InChI=1S/C11H12BO/c1-12-10-6-2-5-9-8(10)4-3-7-11(9)13/h2,5-6H,3-4,7H2,1H3. The number of fused-ring (bicyclic) bond motifs is 1. The molecule has 1 aromatic rings. The predicted molar refractivity (Wildman–Crippen MR) is 55.0 cm³/mol. The number of hydrogen-bond acceptors (Lipinski definition) is 1. The van der Waals surface area contributed by atoms with Gasteiger partial charge in [0.25, 0.3) is 0 Å². The van der Waals surface area contributed by atoms with Crippen molar-refractivity contribution in [3.8, 4) is 0 Å². The summed E-state index contributed by atoms with van der Waals surface area (Å²) in [6.07, 6.45) is 2.79. The van der Waals surface area contributed by atoms with E-state index in [0.29, 0.717) is 5.78 Å². The summed E-state index contributed by atoms with van der Waals surface area (Å²) in [5, 5.41) is 0. The van der Waals surface area contributed by atoms with Crippen molar-refractivity contribution in [2.45, 2.75) is 26.1 Å². The van der Waals surface area contributed by atoms with Gasteiger partial charge < -0.3 is 0 Å². The van der Waals surface area contributed by atoms with E-state index < -0.39 is 0 Å². The van der Waals surface area contributed by atoms with Gasteiger partial charge in [-0.1, -0.05) is 30.5 Å². The van der Waals surface area contributed by atoms with Gasteiger partial charge in [-0.05, 0) is 18.4 Å². The van der Waals surface area contributed by atoms with Gasteiger partial charge in [-0.15, -0.1) is 0 Å². The first kappa shape index (κ1) is 8.55. The van der Waals surface area contributed by atoms with Crippen molar-refractivity contribution < 1.29 is 4.79 Å². The molecule has 0 heterocycles. The van der Waals surface area contributed by atoms with Gasteiger partial charge in [-0.3, -0.25) is 4.79 Å². The van der Waals surface area contributed by atoms with Crippen LogP contribution in [0.4, 0.5) is 0 Å². The Hall–Kier alpha value is -1.05. The second kappa shape index (κ2) is 3.37. The first-order chi connectivity index (χ1) is 6.33. The lowest BCUT2D eigenvalue weighted by Crippen LogP contribution is -2.23. The van der Waals surface area contributed by atoms with Crippen LogP contribution in [0.1, 0.15) is 28.8 Å². The zero-order valence-electron chi connectivity index (χ0n) is 7.84. The van der Waals surface area contributed by atoms with Crippen molar-refractivity contribution in [3.05, 3.63) is 29.3 Å². The molecule has 1 aromatic carbocycles. The Kier molecular flexibility index (Phi) is 2.21. The minimum Gasteiger partial charge on any atom is -0.294 e. The Labute approximate surface area is 79.4 Å². The third-order valence-corrected chi connectivity index (χ3v) is 2.65. The van der Waals surface area contributed by atoms with Crippen LogP contribution in [0.15, 0.2) is 18.2 Å². The van der Waals surface area contributed by atoms with Gasteiger partial charge in [0.2, 0.25) is 0 Å². The Morgan fingerprint density at radius 3 is 2.92 bits per heavy atom. The molecule has 1 aliphatic carbocycles. The molecule has 1 aliphatic rings. The molecule has 0 aliphatic heterocycles. The van der Waals surface area contributed by atoms with Gasteiger partial charge in [0.15, 0.2) is 5.78 Å². The fourth-order valence-corrected chi connectivity index (χ4v) is 1.98. The van der Waals surface area contributed by atoms with Crippen LogP contribution >= 0.6 is 0 Å². The van der Waals surface area contributed by atoms with Crippen LogP contribution < -0.4 is 5.46 Å². The van der Waals surface area contributed by atoms with Gasteiger partial charge in [0, 0.05) is 12.0 Å². The summed E-state index contributed by atoms with van der Waals surface area (Å²) in [6.45, 7) is 2.02. The third-order valence-electron chi connectivity index (χ3n) is 2.65. The Morgan fingerprint density at radius 1 is 1.31 bits per heavy atom. The van der Waals surface area contributed by atoms with E-state index in [1.807, 2.05) is 19.0 Å². The molecule has 1 radical (unpaired) electrons. The van der Waals surface area contributed by atoms with Crippen LogP contribution in [-0.4, -0.2) is 13.1 Å². The molecule has 2 heteroatoms. The topological polar surface area (TPSA) is 17.1 Å². The summed E-state index contributed by atoms with van der Waals surface area (Å²) in [6, 6.07) is 6.00. The van der Waals surface area contributed by atoms with Gasteiger partial charge >= 0.3 is 0 Å². The quantitative estimate of drug-likeness (QED) is 0.586. The largest absolute Gasteiger partial charge is 0.294 e. The Morgan fingerprint density at radius 2 is 2.15 bits per heavy atom. The highest BCUT2D eigenvalue weighted by Gasteiger charge is 2.18. The number of benzene rings is 1. The number of carbonyl (C=O) groups excluding carboxylic acids is 1. The molecule has 0 amide bonds. The minimum absolute atomic E-state index is 0.310. The maximum absolute atomic E-state index is 11.5. The molecule has 0 N–H and O–H groups in total. The summed E-state index contributed by atoms with van der Waals surface area (Å²) < 4.78 is 0. The fraction of sp³-hybridized carbons (Fsp3) is 0.364. The summed E-state index contributed by atoms with van der Waals surface area (Å²) in [5.74, 6) is 0.310. The lowest BCUT2D eigenvalue weighted by Gasteiger charge is -2.17. The monoisotopic (exact) mass is 171 g/mol. The van der Waals surface area contributed by atoms with Gasteiger partial charge in [-0.2, -0.15) is 0 Å². The molecule has 0 atom stereocenters. The molecular formula is C11H12BO. The van der Waals surface area contributed by atoms with Gasteiger partial charge in [0.1, 0.15) is 7.28 Å². The molecule has 0 spiro atoms. The average Bonchev–Trinajstić information content (AvgIpc) is 2.18. The SMILES string of the molecule is C[B]c1cccc2c1CCCC2=O. The summed E-state index contributed by atoms with van der Waals surface area (Å²) in [5.41, 5.74) is 3.42. The van der Waals surface area contributed by atoms with Crippen molar-refractivity contribution >= 4 is 18.5 Å². The molecule has 13 heavy (non-hydrogen) atoms. The second-order valence-corrected chi connectivity index (χ2v) is 3.44. The summed E-state index contributed by atoms with van der Waals surface area (Å²) >= 11 is 0. The van der Waals surface area contributed by atoms with Crippen LogP contribution in [0.5, 0.6) is 0 Å². The van der Waals surface area contributed by atoms with Crippen LogP contribution in [0, 0.1) is 0 Å². The number of Topliss-reactive ketones (excluding diaryl/α,β-unsaturated/α-hetero) is 1. The van der Waals surface area contributed by atoms with E-state index in [9.17, 15) is 4.79 Å². The van der Waals surface area contributed by atoms with E-state index in [1.165, 1.54) is 11.0 Å². The average molecular weight is 171 g/mol. The highest BCUT2D eigenvalue weighted by molar-refractivity contribution is 6.52. The van der Waals surface area contributed by atoms with E-state index in [4.69, 9.17) is 0 Å². The molecule has 0 aromatic heterocycles. The summed E-state index contributed by atoms with van der Waals surface area (Å²) in [4.78, 5) is 11.5. The van der Waals surface area contributed by atoms with Crippen molar-refractivity contribution in [2.24, 2.45) is 0 Å². The molecule has 0 unspecified atom stereocenters. The number of hydrogen-bond donors (Lipinski definition) is 0. The van der Waals surface area contributed by atoms with Gasteiger partial charge in [0.05, 0.1) is 0 Å². The van der Waals surface area contributed by atoms with E-state index in [0.717, 1.165) is 24.8 Å². The number of carbonyl (C=O) groups is 1. The van der Waals surface area contributed by atoms with Crippen molar-refractivity contribution in [1.82, 2.24) is 0 Å². The maximum Gasteiger partial charge on any atom is 0.163 e. The van der Waals surface area contributed by atoms with E-state index in [1.54, 1.807) is 0 Å². The van der Waals surface area contributed by atoms with Crippen molar-refractivity contribution in [1.29, 1.82) is 0 Å². The third kappa shape index (κ3) is 1.41. The lowest BCUT2D eigenvalue weighted by molar-refractivity contribution is 0.0972. The van der Waals surface area contributed by atoms with Crippen molar-refractivity contribution in [3.63, 3.8) is 0 Å². The first-order valence-corrected chi connectivity index (χ1v) is 4.77. The van der Waals surface area contributed by atoms with E-state index in [-0.39, 0.29) is 0 Å². The van der Waals surface area contributed by atoms with Gasteiger partial charge in [-0.25, -0.2) is 0 Å². The second-order valence-electron chi connectivity index (χ2n) is 3.44. The zero-order chi connectivity index (χ0) is 9.26. The highest BCUT2D eigenvalue weighted by atomic mass is 16.1. The normalized spacial score (nSPS) is 15.3. The van der Waals surface area contributed by atoms with E-state index in [2.05, 4.69) is 13.3 Å². The molecule has 1 nitrogen and oxygen atoms in total. The maximum atomic E-state index is 11.5. The molecule has 0 bridgehead atoms. The fourth-order valence-electron chi connectivity index (χ4n) is 1.98. The number of ketones is 1. The molecule has 2 rings (SSSR count). The minimum atomic E-state index is 0.310. The van der Waals surface area contributed by atoms with Crippen LogP contribution in [-0.2, 0) is 6.42 Å². The molecule has 65 valence electrons. The number of rotatable bonds is 1. The molecule has 0 fully saturated rings. The van der Waals surface area contributed by atoms with Crippen molar-refractivity contribution in [2.75, 3.05) is 0 Å². The van der Waals surface area contributed by atoms with E-state index >= 15 is 0 Å². The zero-order valence-corrected chi connectivity index (χ0v) is 7.84. The Balaban J connectivity index is 2.54. The molecule has 0 saturated carbocycles. The Bertz CT molecular complexity index is 344. The predicted octanol–water partition coefficient (Wildman–Crippen LogP) is 1.58. The first-order valence-electron chi connectivity index (χ1n) is 4.77. The van der Waals surface area contributed by atoms with Crippen LogP contribution in [0.3, 0.4) is 0 Å². The molecule has 0 saturated heterocycles. The van der Waals surface area contributed by atoms with Crippen LogP contribution in [0.25, 0.3) is 0 Å². The lowest BCUT2D eigenvalue weighted by atomic mass is 9.68. The smallest absolute Gasteiger partial charge is 0.163 e. The highest BCUT2D eigenvalue weighted by Crippen LogP contribution is 2.18. The summed E-state index contributed by atoms with van der Waals surface area (Å²) in [7, 11) is 2.08.